The van der Waals surface area contributed by atoms with Gasteiger partial charge < -0.3 is 10.4 Å². The molecule has 0 aliphatic heterocycles. The summed E-state index contributed by atoms with van der Waals surface area (Å²) in [5.41, 5.74) is -3.73. The number of carboxylic acid groups (broad SMARTS) is 1. The van der Waals surface area contributed by atoms with Gasteiger partial charge in [-0.05, 0) is 13.0 Å². The van der Waals surface area contributed by atoms with Crippen LogP contribution in [0.3, 0.4) is 0 Å². The van der Waals surface area contributed by atoms with Crippen molar-refractivity contribution >= 4 is 46.4 Å². The number of carbonyl (C=O) groups is 2. The standard InChI is InChI=1S/C9H6Cl2F3NO3S/c1-8(7(17)18,9(12,13)14)15-6(16)3-2-4(10)19-5(3)11/h2H,1H3,(H,15,16)(H,17,18). The van der Waals surface area contributed by atoms with Gasteiger partial charge in [0.1, 0.15) is 4.34 Å². The highest BCUT2D eigenvalue weighted by Gasteiger charge is 2.58. The number of carboxylic acids is 1. The molecule has 1 rings (SSSR count). The van der Waals surface area contributed by atoms with Crippen molar-refractivity contribution in [3.05, 3.63) is 20.3 Å². The second-order valence-corrected chi connectivity index (χ2v) is 5.91. The van der Waals surface area contributed by atoms with E-state index in [9.17, 15) is 22.8 Å². The lowest BCUT2D eigenvalue weighted by molar-refractivity contribution is -0.203. The quantitative estimate of drug-likeness (QED) is 0.891. The van der Waals surface area contributed by atoms with Gasteiger partial charge in [-0.25, -0.2) is 4.79 Å². The number of rotatable bonds is 3. The molecule has 1 aromatic rings. The monoisotopic (exact) mass is 335 g/mol. The van der Waals surface area contributed by atoms with Crippen LogP contribution in [-0.2, 0) is 4.79 Å². The summed E-state index contributed by atoms with van der Waals surface area (Å²) in [7, 11) is 0. The topological polar surface area (TPSA) is 66.4 Å². The van der Waals surface area contributed by atoms with Gasteiger partial charge >= 0.3 is 12.1 Å². The zero-order valence-electron chi connectivity index (χ0n) is 9.14. The summed E-state index contributed by atoms with van der Waals surface area (Å²) in [6, 6.07) is 1.06. The molecule has 2 N–H and O–H groups in total. The minimum atomic E-state index is -5.17. The first-order chi connectivity index (χ1) is 8.49. The molecule has 0 spiro atoms. The second-order valence-electron chi connectivity index (χ2n) is 3.62. The van der Waals surface area contributed by atoms with E-state index in [-0.39, 0.29) is 14.2 Å². The van der Waals surface area contributed by atoms with E-state index in [1.165, 1.54) is 5.32 Å². The number of amides is 1. The normalized spacial score (nSPS) is 14.8. The predicted molar refractivity (Wildman–Crippen MR) is 63.9 cm³/mol. The first-order valence-electron chi connectivity index (χ1n) is 4.56. The van der Waals surface area contributed by atoms with Crippen LogP contribution in [0.5, 0.6) is 0 Å². The molecule has 0 aliphatic carbocycles. The molecule has 1 heterocycles. The van der Waals surface area contributed by atoms with Gasteiger partial charge in [-0.1, -0.05) is 23.2 Å². The number of alkyl halides is 3. The molecular formula is C9H6Cl2F3NO3S. The van der Waals surface area contributed by atoms with Crippen LogP contribution in [0.15, 0.2) is 6.07 Å². The van der Waals surface area contributed by atoms with Crippen LogP contribution in [-0.4, -0.2) is 28.7 Å². The molecule has 0 saturated carbocycles. The van der Waals surface area contributed by atoms with Crippen LogP contribution in [0.1, 0.15) is 17.3 Å². The van der Waals surface area contributed by atoms with Crippen LogP contribution in [0, 0.1) is 0 Å². The molecule has 1 amide bonds. The summed E-state index contributed by atoms with van der Waals surface area (Å²) in [6.45, 7) is 0.342. The molecule has 0 radical (unpaired) electrons. The van der Waals surface area contributed by atoms with Crippen molar-refractivity contribution in [2.45, 2.75) is 18.6 Å². The summed E-state index contributed by atoms with van der Waals surface area (Å²) in [5, 5.41) is 10.1. The maximum Gasteiger partial charge on any atom is 0.422 e. The molecule has 0 fully saturated rings. The van der Waals surface area contributed by atoms with E-state index in [0.29, 0.717) is 6.92 Å². The predicted octanol–water partition coefficient (Wildman–Crippen LogP) is 3.19. The minimum absolute atomic E-state index is 0.0965. The number of halogens is 5. The Bertz CT molecular complexity index is 531. The lowest BCUT2D eigenvalue weighted by atomic mass is 10.0. The van der Waals surface area contributed by atoms with Gasteiger partial charge in [-0.3, -0.25) is 4.79 Å². The Morgan fingerprint density at radius 3 is 2.21 bits per heavy atom. The van der Waals surface area contributed by atoms with E-state index >= 15 is 0 Å². The van der Waals surface area contributed by atoms with Crippen LogP contribution in [0.25, 0.3) is 0 Å². The van der Waals surface area contributed by atoms with Crippen molar-refractivity contribution in [3.63, 3.8) is 0 Å². The average Bonchev–Trinajstić information content (AvgIpc) is 2.55. The molecule has 106 valence electrons. The molecule has 1 unspecified atom stereocenters. The highest BCUT2D eigenvalue weighted by atomic mass is 35.5. The molecule has 1 atom stereocenters. The molecular weight excluding hydrogens is 330 g/mol. The fourth-order valence-electron chi connectivity index (χ4n) is 1.04. The number of aliphatic carboxylic acids is 1. The van der Waals surface area contributed by atoms with E-state index in [1.807, 2.05) is 0 Å². The molecule has 0 saturated heterocycles. The Labute approximate surface area is 119 Å². The Morgan fingerprint density at radius 2 is 1.89 bits per heavy atom. The Balaban J connectivity index is 3.09. The van der Waals surface area contributed by atoms with Crippen molar-refractivity contribution < 1.29 is 27.9 Å². The van der Waals surface area contributed by atoms with Gasteiger partial charge in [0.25, 0.3) is 5.91 Å². The zero-order valence-corrected chi connectivity index (χ0v) is 11.5. The average molecular weight is 336 g/mol. The van der Waals surface area contributed by atoms with Crippen LogP contribution in [0.4, 0.5) is 13.2 Å². The number of hydrogen-bond acceptors (Lipinski definition) is 3. The molecule has 10 heteroatoms. The molecule has 19 heavy (non-hydrogen) atoms. The number of carbonyl (C=O) groups excluding carboxylic acids is 1. The minimum Gasteiger partial charge on any atom is -0.479 e. The second kappa shape index (κ2) is 5.18. The van der Waals surface area contributed by atoms with Gasteiger partial charge in [0.2, 0.25) is 5.54 Å². The molecule has 1 aromatic heterocycles. The van der Waals surface area contributed by atoms with E-state index in [1.54, 1.807) is 0 Å². The van der Waals surface area contributed by atoms with Crippen LogP contribution in [0.2, 0.25) is 8.67 Å². The van der Waals surface area contributed by atoms with Crippen LogP contribution < -0.4 is 5.32 Å². The summed E-state index contributed by atoms with van der Waals surface area (Å²) >= 11 is 11.9. The summed E-state index contributed by atoms with van der Waals surface area (Å²) in [4.78, 5) is 22.4. The van der Waals surface area contributed by atoms with Crippen molar-refractivity contribution in [1.29, 1.82) is 0 Å². The van der Waals surface area contributed by atoms with E-state index in [0.717, 1.165) is 17.4 Å². The summed E-state index contributed by atoms with van der Waals surface area (Å²) in [6.07, 6.45) is -5.17. The van der Waals surface area contributed by atoms with Gasteiger partial charge in [0, 0.05) is 0 Å². The smallest absolute Gasteiger partial charge is 0.422 e. The van der Waals surface area contributed by atoms with E-state index in [4.69, 9.17) is 28.3 Å². The number of thiophene rings is 1. The van der Waals surface area contributed by atoms with Crippen molar-refractivity contribution in [2.24, 2.45) is 0 Å². The van der Waals surface area contributed by atoms with Gasteiger partial charge in [-0.15, -0.1) is 11.3 Å². The number of nitrogens with one attached hydrogen (secondary N) is 1. The lowest BCUT2D eigenvalue weighted by Gasteiger charge is -2.28. The first-order valence-corrected chi connectivity index (χ1v) is 6.13. The highest BCUT2D eigenvalue weighted by molar-refractivity contribution is 7.20. The summed E-state index contributed by atoms with van der Waals surface area (Å²) < 4.78 is 38.0. The number of hydrogen-bond donors (Lipinski definition) is 2. The van der Waals surface area contributed by atoms with Crippen LogP contribution >= 0.6 is 34.5 Å². The van der Waals surface area contributed by atoms with Gasteiger partial charge in [0.15, 0.2) is 0 Å². The van der Waals surface area contributed by atoms with Gasteiger partial charge in [0.05, 0.1) is 9.90 Å². The Kier molecular flexibility index (Phi) is 4.38. The highest BCUT2D eigenvalue weighted by Crippen LogP contribution is 2.34. The third kappa shape index (κ3) is 3.13. The van der Waals surface area contributed by atoms with E-state index in [2.05, 4.69) is 0 Å². The Hall–Kier alpha value is -0.990. The van der Waals surface area contributed by atoms with Crippen molar-refractivity contribution in [3.8, 4) is 0 Å². The molecule has 0 aromatic carbocycles. The lowest BCUT2D eigenvalue weighted by Crippen LogP contribution is -2.61. The van der Waals surface area contributed by atoms with E-state index < -0.39 is 23.6 Å². The SMILES string of the molecule is CC(NC(=O)c1cc(Cl)sc1Cl)(C(=O)O)C(F)(F)F. The Morgan fingerprint density at radius 1 is 1.37 bits per heavy atom. The largest absolute Gasteiger partial charge is 0.479 e. The first kappa shape index (κ1) is 16.1. The zero-order chi connectivity index (χ0) is 15.0. The van der Waals surface area contributed by atoms with Crippen molar-refractivity contribution in [1.82, 2.24) is 5.32 Å². The molecule has 0 aliphatic rings. The third-order valence-electron chi connectivity index (χ3n) is 2.26. The maximum atomic E-state index is 12.7. The summed E-state index contributed by atoms with van der Waals surface area (Å²) in [5.74, 6) is -3.50. The molecule has 4 nitrogen and oxygen atoms in total. The van der Waals surface area contributed by atoms with Gasteiger partial charge in [-0.2, -0.15) is 13.2 Å². The molecule has 0 bridgehead atoms. The fraction of sp³-hybridized carbons (Fsp3) is 0.333. The maximum absolute atomic E-state index is 12.7. The van der Waals surface area contributed by atoms with Crippen molar-refractivity contribution in [2.75, 3.05) is 0 Å². The third-order valence-corrected chi connectivity index (χ3v) is 3.75. The fourth-order valence-corrected chi connectivity index (χ4v) is 2.49.